The third-order valence-electron chi connectivity index (χ3n) is 3.25. The first-order chi connectivity index (χ1) is 9.67. The van der Waals surface area contributed by atoms with Gasteiger partial charge in [-0.05, 0) is 33.6 Å². The number of aromatic nitrogens is 2. The van der Waals surface area contributed by atoms with Crippen LogP contribution in [-0.4, -0.2) is 41.3 Å². The molecule has 0 spiro atoms. The Kier molecular flexibility index (Phi) is 7.30. The van der Waals surface area contributed by atoms with Crippen LogP contribution in [0, 0.1) is 6.92 Å². The molecular formula is C15H28N4O. The van der Waals surface area contributed by atoms with E-state index in [4.69, 9.17) is 10.1 Å². The van der Waals surface area contributed by atoms with Crippen LogP contribution >= 0.6 is 0 Å². The maximum atomic E-state index is 9.03. The first kappa shape index (κ1) is 16.7. The van der Waals surface area contributed by atoms with E-state index in [1.165, 1.54) is 0 Å². The molecule has 0 aliphatic rings. The maximum Gasteiger partial charge on any atom is 0.137 e. The fourth-order valence-corrected chi connectivity index (χ4v) is 2.21. The lowest BCUT2D eigenvalue weighted by molar-refractivity contribution is 0.289. The fraction of sp³-hybridized carbons (Fsp3) is 0.733. The highest BCUT2D eigenvalue weighted by molar-refractivity contribution is 5.58. The van der Waals surface area contributed by atoms with Crippen LogP contribution in [0.1, 0.15) is 45.0 Å². The van der Waals surface area contributed by atoms with E-state index in [1.807, 2.05) is 0 Å². The molecule has 0 aliphatic carbocycles. The minimum atomic E-state index is 0.211. The minimum Gasteiger partial charge on any atom is -0.396 e. The molecule has 0 bridgehead atoms. The number of nitrogens with zero attached hydrogens (tertiary/aromatic N) is 3. The smallest absolute Gasteiger partial charge is 0.137 e. The summed E-state index contributed by atoms with van der Waals surface area (Å²) in [5.41, 5.74) is 1.09. The van der Waals surface area contributed by atoms with Crippen LogP contribution in [0.25, 0.3) is 0 Å². The Morgan fingerprint density at radius 1 is 1.20 bits per heavy atom. The van der Waals surface area contributed by atoms with E-state index in [2.05, 4.69) is 42.9 Å². The molecule has 2 N–H and O–H groups in total. The molecule has 5 heteroatoms. The summed E-state index contributed by atoms with van der Waals surface area (Å²) in [6.07, 6.45) is 2.69. The van der Waals surface area contributed by atoms with Gasteiger partial charge in [-0.2, -0.15) is 0 Å². The molecule has 1 rings (SSSR count). The van der Waals surface area contributed by atoms with E-state index >= 15 is 0 Å². The Morgan fingerprint density at radius 3 is 2.50 bits per heavy atom. The second kappa shape index (κ2) is 8.74. The molecule has 0 saturated carbocycles. The summed E-state index contributed by atoms with van der Waals surface area (Å²) in [5.74, 6) is 2.82. The van der Waals surface area contributed by atoms with Gasteiger partial charge in [-0.15, -0.1) is 0 Å². The van der Waals surface area contributed by atoms with Gasteiger partial charge in [-0.3, -0.25) is 0 Å². The Morgan fingerprint density at radius 2 is 1.95 bits per heavy atom. The van der Waals surface area contributed by atoms with E-state index < -0.39 is 0 Å². The van der Waals surface area contributed by atoms with E-state index in [0.29, 0.717) is 0 Å². The number of rotatable bonds is 9. The normalized spacial score (nSPS) is 10.7. The lowest BCUT2D eigenvalue weighted by atomic mass is 10.2. The predicted molar refractivity (Wildman–Crippen MR) is 84.5 cm³/mol. The van der Waals surface area contributed by atoms with Crippen molar-refractivity contribution in [3.8, 4) is 0 Å². The predicted octanol–water partition coefficient (Wildman–Crippen LogP) is 2.38. The van der Waals surface area contributed by atoms with E-state index in [-0.39, 0.29) is 6.61 Å². The van der Waals surface area contributed by atoms with Gasteiger partial charge in [-0.1, -0.05) is 6.92 Å². The number of hydrogen-bond donors (Lipinski definition) is 2. The topological polar surface area (TPSA) is 61.3 Å². The van der Waals surface area contributed by atoms with Crippen molar-refractivity contribution >= 4 is 11.6 Å². The number of aliphatic hydroxyl groups excluding tert-OH is 1. The van der Waals surface area contributed by atoms with Crippen molar-refractivity contribution in [3.63, 3.8) is 0 Å². The van der Waals surface area contributed by atoms with Crippen molar-refractivity contribution in [1.29, 1.82) is 0 Å². The minimum absolute atomic E-state index is 0.211. The van der Waals surface area contributed by atoms with E-state index in [1.54, 1.807) is 0 Å². The van der Waals surface area contributed by atoms with Crippen molar-refractivity contribution in [1.82, 2.24) is 9.97 Å². The zero-order valence-corrected chi connectivity index (χ0v) is 13.2. The third kappa shape index (κ3) is 4.34. The van der Waals surface area contributed by atoms with Gasteiger partial charge < -0.3 is 15.3 Å². The monoisotopic (exact) mass is 280 g/mol. The molecule has 1 heterocycles. The van der Waals surface area contributed by atoms with Gasteiger partial charge in [0.05, 0.1) is 0 Å². The van der Waals surface area contributed by atoms with Crippen molar-refractivity contribution < 1.29 is 5.11 Å². The first-order valence-electron chi connectivity index (χ1n) is 7.65. The molecule has 20 heavy (non-hydrogen) atoms. The highest BCUT2D eigenvalue weighted by Crippen LogP contribution is 2.24. The Hall–Kier alpha value is -1.36. The lowest BCUT2D eigenvalue weighted by Gasteiger charge is -2.25. The summed E-state index contributed by atoms with van der Waals surface area (Å²) in [7, 11) is 0. The molecular weight excluding hydrogens is 252 g/mol. The molecule has 114 valence electrons. The summed E-state index contributed by atoms with van der Waals surface area (Å²) in [6, 6.07) is 0. The maximum absolute atomic E-state index is 9.03. The fourth-order valence-electron chi connectivity index (χ4n) is 2.21. The van der Waals surface area contributed by atoms with Gasteiger partial charge >= 0.3 is 0 Å². The van der Waals surface area contributed by atoms with Crippen LogP contribution in [0.15, 0.2) is 0 Å². The van der Waals surface area contributed by atoms with Crippen LogP contribution in [0.4, 0.5) is 11.6 Å². The van der Waals surface area contributed by atoms with Gasteiger partial charge in [0.25, 0.3) is 0 Å². The molecule has 0 amide bonds. The number of hydrogen-bond acceptors (Lipinski definition) is 5. The molecule has 1 aromatic rings. The summed E-state index contributed by atoms with van der Waals surface area (Å²) in [4.78, 5) is 11.5. The average Bonchev–Trinajstić information content (AvgIpc) is 2.44. The van der Waals surface area contributed by atoms with Crippen molar-refractivity contribution in [3.05, 3.63) is 11.4 Å². The Balaban J connectivity index is 3.12. The third-order valence-corrected chi connectivity index (χ3v) is 3.25. The Labute approximate surface area is 122 Å². The number of anilines is 2. The van der Waals surface area contributed by atoms with E-state index in [9.17, 15) is 0 Å². The summed E-state index contributed by atoms with van der Waals surface area (Å²) in [6.45, 7) is 11.2. The lowest BCUT2D eigenvalue weighted by Crippen LogP contribution is -2.27. The first-order valence-corrected chi connectivity index (χ1v) is 7.65. The number of aryl methyl sites for hydroxylation is 1. The van der Waals surface area contributed by atoms with Crippen LogP contribution < -0.4 is 10.2 Å². The van der Waals surface area contributed by atoms with Crippen molar-refractivity contribution in [2.24, 2.45) is 0 Å². The molecule has 0 saturated heterocycles. The van der Waals surface area contributed by atoms with Gasteiger partial charge in [0.2, 0.25) is 0 Å². The van der Waals surface area contributed by atoms with Gasteiger partial charge in [0.15, 0.2) is 0 Å². The molecule has 0 aliphatic heterocycles. The van der Waals surface area contributed by atoms with Crippen LogP contribution in [0.2, 0.25) is 0 Å². The van der Waals surface area contributed by atoms with Crippen LogP contribution in [0.3, 0.4) is 0 Å². The summed E-state index contributed by atoms with van der Waals surface area (Å²) >= 11 is 0. The van der Waals surface area contributed by atoms with Crippen molar-refractivity contribution in [2.45, 2.75) is 47.0 Å². The molecule has 0 radical (unpaired) electrons. The van der Waals surface area contributed by atoms with Crippen LogP contribution in [0.5, 0.6) is 0 Å². The summed E-state index contributed by atoms with van der Waals surface area (Å²) in [5, 5.41) is 12.4. The molecule has 0 fully saturated rings. The van der Waals surface area contributed by atoms with Gasteiger partial charge in [0, 0.05) is 38.2 Å². The van der Waals surface area contributed by atoms with Gasteiger partial charge in [0.1, 0.15) is 17.5 Å². The number of nitrogens with one attached hydrogen (secondary N) is 1. The standard InChI is InChI=1S/C15H28N4O/c1-5-9-13-17-14(16-6-2)12(4)15(18-13)19(7-3)10-8-11-20/h20H,5-11H2,1-4H3,(H,16,17,18). The molecule has 0 aromatic carbocycles. The highest BCUT2D eigenvalue weighted by atomic mass is 16.3. The number of aliphatic hydroxyl groups is 1. The van der Waals surface area contributed by atoms with Gasteiger partial charge in [-0.25, -0.2) is 9.97 Å². The zero-order valence-electron chi connectivity index (χ0n) is 13.2. The second-order valence-electron chi connectivity index (χ2n) is 4.87. The second-order valence-corrected chi connectivity index (χ2v) is 4.87. The van der Waals surface area contributed by atoms with Crippen LogP contribution in [-0.2, 0) is 6.42 Å². The SMILES string of the molecule is CCCc1nc(NCC)c(C)c(N(CC)CCCO)n1. The Bertz CT molecular complexity index is 409. The molecule has 0 unspecified atom stereocenters. The average molecular weight is 280 g/mol. The largest absolute Gasteiger partial charge is 0.396 e. The highest BCUT2D eigenvalue weighted by Gasteiger charge is 2.15. The summed E-state index contributed by atoms with van der Waals surface area (Å²) < 4.78 is 0. The molecule has 5 nitrogen and oxygen atoms in total. The quantitative estimate of drug-likeness (QED) is 0.727. The molecule has 1 aromatic heterocycles. The molecule has 0 atom stereocenters. The van der Waals surface area contributed by atoms with Crippen molar-refractivity contribution in [2.75, 3.05) is 36.5 Å². The zero-order chi connectivity index (χ0) is 15.0. The van der Waals surface area contributed by atoms with E-state index in [0.717, 1.165) is 61.9 Å².